The summed E-state index contributed by atoms with van der Waals surface area (Å²) in [5.74, 6) is 1.67. The van der Waals surface area contributed by atoms with Crippen LogP contribution in [0.25, 0.3) is 11.3 Å². The fraction of sp³-hybridized carbons (Fsp3) is 0.333. The van der Waals surface area contributed by atoms with E-state index >= 15 is 0 Å². The molecule has 8 nitrogen and oxygen atoms in total. The van der Waals surface area contributed by atoms with Gasteiger partial charge < -0.3 is 14.0 Å². The summed E-state index contributed by atoms with van der Waals surface area (Å²) in [4.78, 5) is 12.4. The highest BCUT2D eigenvalue weighted by Gasteiger charge is 2.17. The molecule has 0 unspecified atom stereocenters. The molecule has 0 fully saturated rings. The summed E-state index contributed by atoms with van der Waals surface area (Å²) in [6.07, 6.45) is 0.820. The molecule has 0 spiro atoms. The second-order valence-electron chi connectivity index (χ2n) is 6.20. The van der Waals surface area contributed by atoms with Crippen LogP contribution in [-0.4, -0.2) is 35.5 Å². The van der Waals surface area contributed by atoms with Gasteiger partial charge in [-0.15, -0.1) is 10.2 Å². The third-order valence-electron chi connectivity index (χ3n) is 3.68. The number of ether oxygens (including phenoxy) is 2. The molecule has 3 aromatic rings. The quantitative estimate of drug-likeness (QED) is 0.659. The lowest BCUT2D eigenvalue weighted by Crippen LogP contribution is -2.11. The van der Waals surface area contributed by atoms with Gasteiger partial charge in [-0.05, 0) is 24.1 Å². The standard InChI is InChI=1S/C18H20N4O4S/c1-10(2)7-16-20-21-18(27-16)19-17(23)12-9-14(26-22-12)11-5-6-13(24-3)15(8-11)25-4/h5-6,8-10H,7H2,1-4H3,(H,19,21,23). The van der Waals surface area contributed by atoms with Gasteiger partial charge in [-0.1, -0.05) is 30.3 Å². The summed E-state index contributed by atoms with van der Waals surface area (Å²) in [6.45, 7) is 4.20. The molecule has 1 amide bonds. The monoisotopic (exact) mass is 388 g/mol. The molecule has 2 aromatic heterocycles. The number of carbonyl (C=O) groups excluding carboxylic acids is 1. The number of nitrogens with zero attached hydrogens (tertiary/aromatic N) is 3. The Morgan fingerprint density at radius 3 is 2.67 bits per heavy atom. The molecular formula is C18H20N4O4S. The Labute approximate surface area is 160 Å². The molecule has 1 aromatic carbocycles. The maximum Gasteiger partial charge on any atom is 0.279 e. The first-order valence-corrected chi connectivity index (χ1v) is 9.14. The van der Waals surface area contributed by atoms with E-state index in [2.05, 4.69) is 34.5 Å². The van der Waals surface area contributed by atoms with Gasteiger partial charge in [0.1, 0.15) is 5.01 Å². The predicted molar refractivity (Wildman–Crippen MR) is 101 cm³/mol. The molecule has 3 rings (SSSR count). The summed E-state index contributed by atoms with van der Waals surface area (Å²) >= 11 is 1.35. The van der Waals surface area contributed by atoms with Crippen molar-refractivity contribution < 1.29 is 18.8 Å². The molecule has 27 heavy (non-hydrogen) atoms. The highest BCUT2D eigenvalue weighted by molar-refractivity contribution is 7.15. The Kier molecular flexibility index (Phi) is 5.70. The zero-order valence-corrected chi connectivity index (χ0v) is 16.3. The van der Waals surface area contributed by atoms with Gasteiger partial charge in [-0.25, -0.2) is 0 Å². The molecular weight excluding hydrogens is 368 g/mol. The van der Waals surface area contributed by atoms with Gasteiger partial charge in [-0.3, -0.25) is 10.1 Å². The number of carbonyl (C=O) groups is 1. The molecule has 0 aliphatic rings. The van der Waals surface area contributed by atoms with Gasteiger partial charge in [0.2, 0.25) is 5.13 Å². The summed E-state index contributed by atoms with van der Waals surface area (Å²) < 4.78 is 15.8. The molecule has 0 bridgehead atoms. The van der Waals surface area contributed by atoms with Crippen molar-refractivity contribution >= 4 is 22.4 Å². The summed E-state index contributed by atoms with van der Waals surface area (Å²) in [7, 11) is 3.12. The highest BCUT2D eigenvalue weighted by atomic mass is 32.1. The van der Waals surface area contributed by atoms with Crippen molar-refractivity contribution in [3.63, 3.8) is 0 Å². The van der Waals surface area contributed by atoms with E-state index in [1.165, 1.54) is 11.3 Å². The smallest absolute Gasteiger partial charge is 0.279 e. The lowest BCUT2D eigenvalue weighted by atomic mass is 10.1. The van der Waals surface area contributed by atoms with Crippen LogP contribution < -0.4 is 14.8 Å². The number of hydrogen-bond donors (Lipinski definition) is 1. The lowest BCUT2D eigenvalue weighted by Gasteiger charge is -2.07. The average molecular weight is 388 g/mol. The van der Waals surface area contributed by atoms with E-state index in [9.17, 15) is 4.79 Å². The fourth-order valence-corrected chi connectivity index (χ4v) is 3.35. The number of anilines is 1. The van der Waals surface area contributed by atoms with E-state index in [0.29, 0.717) is 33.9 Å². The van der Waals surface area contributed by atoms with Crippen molar-refractivity contribution in [1.29, 1.82) is 0 Å². The molecule has 1 N–H and O–H groups in total. The fourth-order valence-electron chi connectivity index (χ4n) is 2.40. The van der Waals surface area contributed by atoms with E-state index in [1.54, 1.807) is 38.5 Å². The van der Waals surface area contributed by atoms with Crippen LogP contribution in [0.1, 0.15) is 29.3 Å². The minimum atomic E-state index is -0.405. The molecule has 142 valence electrons. The molecule has 0 saturated carbocycles. The first-order chi connectivity index (χ1) is 13.0. The minimum Gasteiger partial charge on any atom is -0.493 e. The van der Waals surface area contributed by atoms with Crippen LogP contribution in [0.5, 0.6) is 11.5 Å². The number of benzene rings is 1. The van der Waals surface area contributed by atoms with E-state index < -0.39 is 5.91 Å². The van der Waals surface area contributed by atoms with Gasteiger partial charge in [-0.2, -0.15) is 0 Å². The number of methoxy groups -OCH3 is 2. The molecule has 9 heteroatoms. The number of nitrogens with one attached hydrogen (secondary N) is 1. The molecule has 0 atom stereocenters. The van der Waals surface area contributed by atoms with E-state index in [0.717, 1.165) is 11.4 Å². The zero-order valence-electron chi connectivity index (χ0n) is 15.5. The van der Waals surface area contributed by atoms with E-state index in [4.69, 9.17) is 14.0 Å². The molecule has 0 aliphatic heterocycles. The molecule has 0 aliphatic carbocycles. The third kappa shape index (κ3) is 4.43. The predicted octanol–water partition coefficient (Wildman–Crippen LogP) is 3.66. The largest absolute Gasteiger partial charge is 0.493 e. The van der Waals surface area contributed by atoms with Crippen LogP contribution in [0, 0.1) is 5.92 Å². The second kappa shape index (κ2) is 8.17. The number of hydrogen-bond acceptors (Lipinski definition) is 8. The number of amides is 1. The summed E-state index contributed by atoms with van der Waals surface area (Å²) in [5.41, 5.74) is 0.870. The normalized spacial score (nSPS) is 10.9. The van der Waals surface area contributed by atoms with Crippen LogP contribution >= 0.6 is 11.3 Å². The topological polar surface area (TPSA) is 99.4 Å². The van der Waals surface area contributed by atoms with Crippen molar-refractivity contribution in [3.05, 3.63) is 35.0 Å². The zero-order chi connectivity index (χ0) is 19.4. The molecule has 2 heterocycles. The van der Waals surface area contributed by atoms with Crippen molar-refractivity contribution in [1.82, 2.24) is 15.4 Å². The summed E-state index contributed by atoms with van der Waals surface area (Å²) in [5, 5.41) is 15.9. The van der Waals surface area contributed by atoms with Gasteiger partial charge in [0.15, 0.2) is 23.0 Å². The van der Waals surface area contributed by atoms with Crippen molar-refractivity contribution in [2.75, 3.05) is 19.5 Å². The van der Waals surface area contributed by atoms with Crippen LogP contribution in [0.15, 0.2) is 28.8 Å². The SMILES string of the molecule is COc1ccc(-c2cc(C(=O)Nc3nnc(CC(C)C)s3)no2)cc1OC. The Bertz CT molecular complexity index is 935. The van der Waals surface area contributed by atoms with Crippen molar-refractivity contribution in [3.8, 4) is 22.8 Å². The maximum atomic E-state index is 12.4. The van der Waals surface area contributed by atoms with Gasteiger partial charge in [0.25, 0.3) is 5.91 Å². The minimum absolute atomic E-state index is 0.153. The second-order valence-corrected chi connectivity index (χ2v) is 7.26. The van der Waals surface area contributed by atoms with Gasteiger partial charge in [0, 0.05) is 18.1 Å². The van der Waals surface area contributed by atoms with Crippen LogP contribution in [0.3, 0.4) is 0 Å². The Hall–Kier alpha value is -2.94. The number of rotatable bonds is 7. The van der Waals surface area contributed by atoms with E-state index in [1.807, 2.05) is 0 Å². The Balaban J connectivity index is 1.73. The maximum absolute atomic E-state index is 12.4. The van der Waals surface area contributed by atoms with Gasteiger partial charge in [0.05, 0.1) is 14.2 Å². The third-order valence-corrected chi connectivity index (χ3v) is 4.54. The van der Waals surface area contributed by atoms with Gasteiger partial charge >= 0.3 is 0 Å². The average Bonchev–Trinajstić information content (AvgIpc) is 3.30. The summed E-state index contributed by atoms with van der Waals surface area (Å²) in [6, 6.07) is 6.87. The van der Waals surface area contributed by atoms with Crippen LogP contribution in [-0.2, 0) is 6.42 Å². The van der Waals surface area contributed by atoms with Crippen LogP contribution in [0.2, 0.25) is 0 Å². The molecule has 0 saturated heterocycles. The Morgan fingerprint density at radius 2 is 1.96 bits per heavy atom. The first-order valence-electron chi connectivity index (χ1n) is 8.33. The Morgan fingerprint density at radius 1 is 1.19 bits per heavy atom. The first kappa shape index (κ1) is 18.8. The number of aromatic nitrogens is 3. The highest BCUT2D eigenvalue weighted by Crippen LogP contribution is 2.32. The molecule has 0 radical (unpaired) electrons. The lowest BCUT2D eigenvalue weighted by molar-refractivity contribution is 0.101. The van der Waals surface area contributed by atoms with Crippen molar-refractivity contribution in [2.24, 2.45) is 5.92 Å². The van der Waals surface area contributed by atoms with Crippen LogP contribution in [0.4, 0.5) is 5.13 Å². The van der Waals surface area contributed by atoms with Crippen molar-refractivity contribution in [2.45, 2.75) is 20.3 Å². The van der Waals surface area contributed by atoms with E-state index in [-0.39, 0.29) is 5.69 Å².